The number of benzene rings is 11. The van der Waals surface area contributed by atoms with E-state index >= 15 is 0 Å². The molecule has 11 aromatic carbocycles. The molecule has 4 fully saturated rings. The molecule has 141 heavy (non-hydrogen) atoms. The SMILES string of the molecule is COc1ccc(C2c3[nH]c4ccc(Br)cc4c3CC3C(=O)N(CCc4ccccc4)C(=S)N32)cc1.COc1ccc(C2c3[nH]c4ccc(Br)cc4c3CC3C(=O)N(Cc4ccco4)C(=S)N32)cc1.COc1ccc(C2c3[nH]c4ccc(Br)cc4c3CC3C(=O)N(c4cccc(OC(C)=O)c4)C(=S)N32)cc1.COc1ccc(C2c3[nH]c4ccc(Br)cc4c3CC3C(=O)N(c4ccccc4C(C)C)C(=S)N32)cc1. The topological polar surface area (TPSA) is 234 Å². The van der Waals surface area contributed by atoms with Crippen LogP contribution >= 0.6 is 113 Å². The molecule has 0 saturated carbocycles. The summed E-state index contributed by atoms with van der Waals surface area (Å²) in [5.74, 6) is 4.03. The maximum atomic E-state index is 14.1. The number of fused-ring (bicyclic) bond motifs is 16. The van der Waals surface area contributed by atoms with Gasteiger partial charge in [0.2, 0.25) is 0 Å². The minimum atomic E-state index is -0.484. The number of aromatic nitrogens is 4. The number of aromatic amines is 4. The van der Waals surface area contributed by atoms with Gasteiger partial charge in [-0.2, -0.15) is 0 Å². The van der Waals surface area contributed by atoms with Gasteiger partial charge in [0.25, 0.3) is 23.6 Å². The summed E-state index contributed by atoms with van der Waals surface area (Å²) in [7, 11) is 6.62. The Morgan fingerprint density at radius 2 is 0.752 bits per heavy atom. The van der Waals surface area contributed by atoms with Gasteiger partial charge in [0, 0.05) is 129 Å². The number of H-pyrrole nitrogens is 4. The lowest BCUT2D eigenvalue weighted by Gasteiger charge is -2.37. The lowest BCUT2D eigenvalue weighted by Crippen LogP contribution is -2.44. The van der Waals surface area contributed by atoms with Crippen LogP contribution in [0.2, 0.25) is 0 Å². The van der Waals surface area contributed by atoms with Crippen molar-refractivity contribution in [2.24, 2.45) is 0 Å². The number of thiocarbonyl (C=S) groups is 4. The molecular formula is C110H92Br4N12O11S4. The van der Waals surface area contributed by atoms with Gasteiger partial charge >= 0.3 is 5.97 Å². The second kappa shape index (κ2) is 38.7. The van der Waals surface area contributed by atoms with Crippen LogP contribution in [0.3, 0.4) is 0 Å². The van der Waals surface area contributed by atoms with Crippen LogP contribution in [-0.4, -0.2) is 159 Å². The Balaban J connectivity index is 0.000000111. The first-order valence-corrected chi connectivity index (χ1v) is 50.9. The molecule has 8 atom stereocenters. The zero-order chi connectivity index (χ0) is 97.8. The molecule has 5 aromatic heterocycles. The highest BCUT2D eigenvalue weighted by molar-refractivity contribution is 9.11. The van der Waals surface area contributed by atoms with Crippen LogP contribution in [0.1, 0.15) is 135 Å². The lowest BCUT2D eigenvalue weighted by atomic mass is 9.89. The summed E-state index contributed by atoms with van der Waals surface area (Å²) in [5.41, 5.74) is 21.0. The van der Waals surface area contributed by atoms with E-state index in [2.05, 4.69) is 197 Å². The number of para-hydroxylation sites is 1. The number of nitrogens with one attached hydrogen (secondary N) is 4. The van der Waals surface area contributed by atoms with Crippen molar-refractivity contribution in [1.29, 1.82) is 0 Å². The Morgan fingerprint density at radius 3 is 1.13 bits per heavy atom. The number of methoxy groups -OCH3 is 4. The Kier molecular flexibility index (Phi) is 25.9. The molecule has 4 N–H and O–H groups in total. The average molecular weight is 2210 g/mol. The van der Waals surface area contributed by atoms with Crippen molar-refractivity contribution in [2.45, 2.75) is 114 Å². The summed E-state index contributed by atoms with van der Waals surface area (Å²) in [5, 5.41) is 6.56. The van der Waals surface area contributed by atoms with Gasteiger partial charge in [0.15, 0.2) is 20.4 Å². The van der Waals surface area contributed by atoms with Gasteiger partial charge in [-0.3, -0.25) is 43.6 Å². The minimum absolute atomic E-state index is 0.00454. The molecular weight excluding hydrogens is 2110 g/mol. The van der Waals surface area contributed by atoms with Gasteiger partial charge in [-0.25, -0.2) is 0 Å². The normalized spacial score (nSPS) is 19.2. The minimum Gasteiger partial charge on any atom is -0.497 e. The van der Waals surface area contributed by atoms with Crippen LogP contribution in [-0.2, 0) is 62.6 Å². The second-order valence-corrected chi connectivity index (χ2v) is 41.2. The molecule has 8 unspecified atom stereocenters. The highest BCUT2D eigenvalue weighted by atomic mass is 79.9. The van der Waals surface area contributed by atoms with Crippen LogP contribution in [0.5, 0.6) is 28.7 Å². The van der Waals surface area contributed by atoms with Crippen molar-refractivity contribution in [3.8, 4) is 28.7 Å². The van der Waals surface area contributed by atoms with E-state index in [0.717, 1.165) is 158 Å². The molecule has 4 saturated heterocycles. The molecule has 0 aliphatic carbocycles. The predicted octanol–water partition coefficient (Wildman–Crippen LogP) is 23.0. The number of furan rings is 1. The van der Waals surface area contributed by atoms with Gasteiger partial charge < -0.3 is 67.6 Å². The molecule has 23 nitrogen and oxygen atoms in total. The fraction of sp³-hybridized carbons (Fsp3) is 0.209. The quantitative estimate of drug-likeness (QED) is 0.0377. The summed E-state index contributed by atoms with van der Waals surface area (Å²) in [6, 6.07) is 83.2. The average Bonchev–Trinajstić information content (AvgIpc) is 1.58. The smallest absolute Gasteiger partial charge is 0.308 e. The number of hydrogen-bond donors (Lipinski definition) is 4. The van der Waals surface area contributed by atoms with E-state index in [9.17, 15) is 24.0 Å². The van der Waals surface area contributed by atoms with Crippen molar-refractivity contribution in [3.05, 3.63) is 369 Å². The number of carbonyl (C=O) groups is 5. The summed E-state index contributed by atoms with van der Waals surface area (Å²) in [6.07, 6.45) is 4.70. The number of esters is 1. The summed E-state index contributed by atoms with van der Waals surface area (Å²) in [6.45, 7) is 6.53. The molecule has 0 bridgehead atoms. The summed E-state index contributed by atoms with van der Waals surface area (Å²) < 4.78 is 36.3. The van der Waals surface area contributed by atoms with E-state index in [1.807, 2.05) is 157 Å². The van der Waals surface area contributed by atoms with E-state index in [1.54, 1.807) is 78.6 Å². The number of nitrogens with zero attached hydrogens (tertiary/aromatic N) is 8. The van der Waals surface area contributed by atoms with Crippen LogP contribution < -0.4 is 33.5 Å². The molecule has 710 valence electrons. The first-order valence-electron chi connectivity index (χ1n) is 46.1. The van der Waals surface area contributed by atoms with Crippen LogP contribution in [0.25, 0.3) is 43.6 Å². The number of amides is 4. The van der Waals surface area contributed by atoms with Crippen molar-refractivity contribution in [1.82, 2.24) is 49.3 Å². The Hall–Kier alpha value is -13.1. The molecule has 8 aliphatic heterocycles. The van der Waals surface area contributed by atoms with Gasteiger partial charge in [-0.05, 0) is 269 Å². The zero-order valence-corrected chi connectivity index (χ0v) is 86.9. The van der Waals surface area contributed by atoms with E-state index in [1.165, 1.54) is 23.6 Å². The standard InChI is InChI=1S/C29H26BrN3O2S.C28H22BrN3O4S.C28H24BrN3O2S.C25H20BrN3O3S/c1-16(2)20-6-4-5-7-24(20)33-28(34)25-15-22-21-14-18(30)10-13-23(21)31-26(22)27(32(25)29(33)36)17-8-11-19(35-3)12-9-17;1-15(33)36-20-5-3-4-18(13-20)31-27(34)24-14-22-21-12-17(29)8-11-23(21)30-25(22)26(32(24)28(31)37)16-6-9-19(35-2)10-7-16;1-34-20-10-7-18(8-11-20)26-25-22(21-15-19(29)9-12-23(21)30-25)16-24-27(33)31(28(35)32(24)26)14-13-17-5-3-2-4-6-17;1-31-16-7-4-14(5-8-16)23-22-19(18-11-15(26)6-9-20(18)27-22)12-21-24(30)28(25(33)29(21)23)13-17-3-2-10-32-17/h4-14,16,25,27,31H,15H2,1-3H3;3-13,24,26,30H,14H2,1-2H3;2-12,15,24,26,30H,13-14,16H2,1H3;2-11,21,23,27H,12-13H2,1H3. The summed E-state index contributed by atoms with van der Waals surface area (Å²) >= 11 is 38.3. The molecule has 31 heteroatoms. The summed E-state index contributed by atoms with van der Waals surface area (Å²) in [4.78, 5) is 96.6. The van der Waals surface area contributed by atoms with Crippen molar-refractivity contribution in [2.75, 3.05) is 44.8 Å². The molecule has 16 aromatic rings. The van der Waals surface area contributed by atoms with E-state index in [-0.39, 0.29) is 71.8 Å². The van der Waals surface area contributed by atoms with Gasteiger partial charge in [0.05, 0.1) is 76.8 Å². The first-order chi connectivity index (χ1) is 68.3. The van der Waals surface area contributed by atoms with Gasteiger partial charge in [0.1, 0.15) is 58.7 Å². The van der Waals surface area contributed by atoms with Gasteiger partial charge in [-0.15, -0.1) is 0 Å². The lowest BCUT2D eigenvalue weighted by molar-refractivity contribution is -0.132. The van der Waals surface area contributed by atoms with Gasteiger partial charge in [-0.1, -0.05) is 181 Å². The fourth-order valence-corrected chi connectivity index (χ4v) is 24.4. The van der Waals surface area contributed by atoms with Crippen molar-refractivity contribution < 1.29 is 52.1 Å². The first kappa shape index (κ1) is 94.1. The van der Waals surface area contributed by atoms with Crippen molar-refractivity contribution >= 4 is 218 Å². The highest BCUT2D eigenvalue weighted by Gasteiger charge is 2.56. The van der Waals surface area contributed by atoms with E-state index < -0.39 is 12.0 Å². The van der Waals surface area contributed by atoms with Crippen LogP contribution in [0, 0.1) is 0 Å². The number of rotatable bonds is 17. The Bertz CT molecular complexity index is 7710. The molecule has 4 amide bonds. The molecule has 13 heterocycles. The Morgan fingerprint density at radius 1 is 0.390 bits per heavy atom. The second-order valence-electron chi connectivity index (χ2n) is 36.1. The van der Waals surface area contributed by atoms with Crippen LogP contribution in [0.15, 0.2) is 289 Å². The third-order valence-corrected chi connectivity index (χ3v) is 31.4. The van der Waals surface area contributed by atoms with E-state index in [4.69, 9.17) is 77.0 Å². The molecule has 0 spiro atoms. The number of anilines is 2. The maximum Gasteiger partial charge on any atom is 0.308 e. The number of carbonyl (C=O) groups excluding carboxylic acids is 5. The predicted molar refractivity (Wildman–Crippen MR) is 575 cm³/mol. The number of hydrogen-bond acceptors (Lipinski definition) is 15. The number of halogens is 4. The third kappa shape index (κ3) is 17.1. The zero-order valence-electron chi connectivity index (χ0n) is 77.3. The monoisotopic (exact) mass is 2200 g/mol. The highest BCUT2D eigenvalue weighted by Crippen LogP contribution is 2.52. The largest absolute Gasteiger partial charge is 0.497 e. The third-order valence-electron chi connectivity index (χ3n) is 27.8. The fourth-order valence-electron chi connectivity index (χ4n) is 21.3. The van der Waals surface area contributed by atoms with Crippen LogP contribution in [0.4, 0.5) is 11.4 Å². The molecule has 24 rings (SSSR count). The molecule has 0 radical (unpaired) electrons. The maximum absolute atomic E-state index is 14.1. The molecule has 8 aliphatic rings. The Labute approximate surface area is 867 Å². The van der Waals surface area contributed by atoms with E-state index in [0.29, 0.717) is 76.4 Å². The van der Waals surface area contributed by atoms with Crippen molar-refractivity contribution in [3.63, 3.8) is 0 Å². The number of ether oxygens (including phenoxy) is 5.